The fourth-order valence-corrected chi connectivity index (χ4v) is 2.98. The second-order valence-electron chi connectivity index (χ2n) is 7.33. The van der Waals surface area contributed by atoms with E-state index in [4.69, 9.17) is 4.74 Å². The average Bonchev–Trinajstić information content (AvgIpc) is 2.59. The molecule has 0 spiro atoms. The van der Waals surface area contributed by atoms with Crippen LogP contribution in [0.15, 0.2) is 70.9 Å². The van der Waals surface area contributed by atoms with Gasteiger partial charge in [0.25, 0.3) is 0 Å². The first-order valence-electron chi connectivity index (χ1n) is 8.69. The number of Topliss-reactive ketones (excluding diaryl/α,β-unsaturated/α-hetero) is 1. The van der Waals surface area contributed by atoms with E-state index in [1.54, 1.807) is 0 Å². The van der Waals surface area contributed by atoms with Gasteiger partial charge in [0, 0.05) is 25.1 Å². The van der Waals surface area contributed by atoms with Crippen molar-refractivity contribution in [3.8, 4) is 5.75 Å². The molecule has 0 saturated carbocycles. The minimum absolute atomic E-state index is 0.0704. The molecule has 0 unspecified atom stereocenters. The first-order valence-corrected chi connectivity index (χ1v) is 8.69. The first kappa shape index (κ1) is 17.9. The van der Waals surface area contributed by atoms with Gasteiger partial charge < -0.3 is 9.84 Å². The molecule has 1 aliphatic rings. The molecule has 2 aromatic rings. The number of aliphatic imine (C=N–C) groups is 1. The lowest BCUT2D eigenvalue weighted by atomic mass is 9.77. The van der Waals surface area contributed by atoms with Gasteiger partial charge >= 0.3 is 0 Å². The van der Waals surface area contributed by atoms with Gasteiger partial charge in [0.05, 0.1) is 11.3 Å². The molecule has 0 aromatic heterocycles. The van der Waals surface area contributed by atoms with Gasteiger partial charge in [-0.3, -0.25) is 9.79 Å². The second kappa shape index (κ2) is 7.56. The third-order valence-electron chi connectivity index (χ3n) is 4.31. The molecule has 0 saturated heterocycles. The Kier molecular flexibility index (Phi) is 5.21. The van der Waals surface area contributed by atoms with E-state index in [0.29, 0.717) is 36.5 Å². The predicted molar refractivity (Wildman–Crippen MR) is 103 cm³/mol. The SMILES string of the molecule is CC1(C)CC(=O)C(C=Nc2cccc(OCc3ccccc3)c2)=C(O)C1. The number of carbonyl (C=O) groups excluding carboxylic acids is 1. The van der Waals surface area contributed by atoms with Crippen LogP contribution >= 0.6 is 0 Å². The van der Waals surface area contributed by atoms with Crippen LogP contribution in [0.2, 0.25) is 0 Å². The Balaban J connectivity index is 1.70. The Hall–Kier alpha value is -2.88. The molecule has 26 heavy (non-hydrogen) atoms. The summed E-state index contributed by atoms with van der Waals surface area (Å²) in [4.78, 5) is 16.6. The van der Waals surface area contributed by atoms with Crippen LogP contribution in [0.5, 0.6) is 5.75 Å². The van der Waals surface area contributed by atoms with Crippen LogP contribution in [0.25, 0.3) is 0 Å². The van der Waals surface area contributed by atoms with Crippen LogP contribution in [0.3, 0.4) is 0 Å². The summed E-state index contributed by atoms with van der Waals surface area (Å²) in [5, 5.41) is 10.2. The molecule has 0 radical (unpaired) electrons. The second-order valence-corrected chi connectivity index (χ2v) is 7.33. The van der Waals surface area contributed by atoms with Crippen molar-refractivity contribution in [2.45, 2.75) is 33.3 Å². The largest absolute Gasteiger partial charge is 0.511 e. The highest BCUT2D eigenvalue weighted by atomic mass is 16.5. The smallest absolute Gasteiger partial charge is 0.168 e. The van der Waals surface area contributed by atoms with Crippen LogP contribution < -0.4 is 4.74 Å². The summed E-state index contributed by atoms with van der Waals surface area (Å²) in [6, 6.07) is 17.3. The lowest BCUT2D eigenvalue weighted by Gasteiger charge is -2.28. The fraction of sp³-hybridized carbons (Fsp3) is 0.273. The average molecular weight is 349 g/mol. The molecule has 0 heterocycles. The highest BCUT2D eigenvalue weighted by molar-refractivity contribution is 6.14. The zero-order valence-electron chi connectivity index (χ0n) is 15.1. The minimum Gasteiger partial charge on any atom is -0.511 e. The number of aliphatic hydroxyl groups is 1. The van der Waals surface area contributed by atoms with Crippen molar-refractivity contribution < 1.29 is 14.6 Å². The fourth-order valence-electron chi connectivity index (χ4n) is 2.98. The molecule has 134 valence electrons. The quantitative estimate of drug-likeness (QED) is 0.758. The molecule has 3 rings (SSSR count). The summed E-state index contributed by atoms with van der Waals surface area (Å²) < 4.78 is 5.79. The number of ketones is 1. The molecule has 0 fully saturated rings. The maximum atomic E-state index is 12.2. The molecule has 4 nitrogen and oxygen atoms in total. The number of nitrogens with zero attached hydrogens (tertiary/aromatic N) is 1. The summed E-state index contributed by atoms with van der Waals surface area (Å²) in [6.45, 7) is 4.43. The zero-order chi connectivity index (χ0) is 18.6. The molecule has 0 bridgehead atoms. The third kappa shape index (κ3) is 4.60. The maximum Gasteiger partial charge on any atom is 0.168 e. The van der Waals surface area contributed by atoms with Gasteiger partial charge in [-0.25, -0.2) is 0 Å². The van der Waals surface area contributed by atoms with E-state index in [0.717, 1.165) is 5.56 Å². The predicted octanol–water partition coefficient (Wildman–Crippen LogP) is 5.17. The number of hydrogen-bond acceptors (Lipinski definition) is 4. The van der Waals surface area contributed by atoms with E-state index < -0.39 is 0 Å². The molecule has 1 N–H and O–H groups in total. The normalized spacial score (nSPS) is 16.9. The number of aliphatic hydroxyl groups excluding tert-OH is 1. The first-order chi connectivity index (χ1) is 12.4. The zero-order valence-corrected chi connectivity index (χ0v) is 15.1. The molecular formula is C22H23NO3. The maximum absolute atomic E-state index is 12.2. The topological polar surface area (TPSA) is 58.9 Å². The third-order valence-corrected chi connectivity index (χ3v) is 4.31. The van der Waals surface area contributed by atoms with Gasteiger partial charge in [-0.15, -0.1) is 0 Å². The van der Waals surface area contributed by atoms with Gasteiger partial charge in [0.2, 0.25) is 0 Å². The van der Waals surface area contributed by atoms with E-state index in [9.17, 15) is 9.90 Å². The highest BCUT2D eigenvalue weighted by Gasteiger charge is 2.32. The van der Waals surface area contributed by atoms with Crippen molar-refractivity contribution in [1.29, 1.82) is 0 Å². The minimum atomic E-state index is -0.205. The van der Waals surface area contributed by atoms with Gasteiger partial charge in [-0.2, -0.15) is 0 Å². The van der Waals surface area contributed by atoms with E-state index in [1.807, 2.05) is 68.4 Å². The Bertz CT molecular complexity index is 851. The van der Waals surface area contributed by atoms with Crippen LogP contribution in [-0.4, -0.2) is 17.1 Å². The molecule has 4 heteroatoms. The lowest BCUT2D eigenvalue weighted by molar-refractivity contribution is -0.117. The molecule has 0 amide bonds. The monoisotopic (exact) mass is 349 g/mol. The van der Waals surface area contributed by atoms with Crippen LogP contribution in [0, 0.1) is 5.41 Å². The Labute approximate surface area is 153 Å². The number of hydrogen-bond donors (Lipinski definition) is 1. The van der Waals surface area contributed by atoms with E-state index in [2.05, 4.69) is 4.99 Å². The highest BCUT2D eigenvalue weighted by Crippen LogP contribution is 2.35. The Morgan fingerprint density at radius 1 is 1.12 bits per heavy atom. The number of rotatable bonds is 5. The van der Waals surface area contributed by atoms with Crippen molar-refractivity contribution in [2.24, 2.45) is 10.4 Å². The lowest BCUT2D eigenvalue weighted by Crippen LogP contribution is -2.26. The standard InChI is InChI=1S/C22H23NO3/c1-22(2)12-20(24)19(21(25)13-22)14-23-17-9-6-10-18(11-17)26-15-16-7-4-3-5-8-16/h3-11,14,24H,12-13,15H2,1-2H3. The Morgan fingerprint density at radius 3 is 2.62 bits per heavy atom. The van der Waals surface area contributed by atoms with Crippen LogP contribution in [-0.2, 0) is 11.4 Å². The molecule has 2 aromatic carbocycles. The Morgan fingerprint density at radius 2 is 1.88 bits per heavy atom. The van der Waals surface area contributed by atoms with Crippen molar-refractivity contribution in [3.63, 3.8) is 0 Å². The van der Waals surface area contributed by atoms with E-state index >= 15 is 0 Å². The number of allylic oxidation sites excluding steroid dienone is 2. The number of benzene rings is 2. The molecule has 0 aliphatic heterocycles. The van der Waals surface area contributed by atoms with Crippen molar-refractivity contribution >= 4 is 17.7 Å². The van der Waals surface area contributed by atoms with E-state index in [-0.39, 0.29) is 17.0 Å². The molecule has 1 aliphatic carbocycles. The van der Waals surface area contributed by atoms with Crippen LogP contribution in [0.4, 0.5) is 5.69 Å². The van der Waals surface area contributed by atoms with Gasteiger partial charge in [0.15, 0.2) is 5.78 Å². The van der Waals surface area contributed by atoms with Gasteiger partial charge in [-0.1, -0.05) is 50.2 Å². The van der Waals surface area contributed by atoms with E-state index in [1.165, 1.54) is 6.21 Å². The molecule has 0 atom stereocenters. The molecular weight excluding hydrogens is 326 g/mol. The van der Waals surface area contributed by atoms with Gasteiger partial charge in [-0.05, 0) is 23.1 Å². The summed E-state index contributed by atoms with van der Waals surface area (Å²) >= 11 is 0. The van der Waals surface area contributed by atoms with Crippen LogP contribution in [0.1, 0.15) is 32.3 Å². The summed E-state index contributed by atoms with van der Waals surface area (Å²) in [7, 11) is 0. The number of carbonyl (C=O) groups is 1. The summed E-state index contributed by atoms with van der Waals surface area (Å²) in [6.07, 6.45) is 2.36. The summed E-state index contributed by atoms with van der Waals surface area (Å²) in [5.41, 5.74) is 1.87. The van der Waals surface area contributed by atoms with Gasteiger partial charge in [0.1, 0.15) is 18.1 Å². The number of ether oxygens (including phenoxy) is 1. The van der Waals surface area contributed by atoms with Crippen molar-refractivity contribution in [1.82, 2.24) is 0 Å². The summed E-state index contributed by atoms with van der Waals surface area (Å²) in [5.74, 6) is 0.753. The van der Waals surface area contributed by atoms with Crippen molar-refractivity contribution in [3.05, 3.63) is 71.5 Å². The van der Waals surface area contributed by atoms with Crippen molar-refractivity contribution in [2.75, 3.05) is 0 Å².